The van der Waals surface area contributed by atoms with Crippen LogP contribution in [0.5, 0.6) is 0 Å². The van der Waals surface area contributed by atoms with E-state index in [1.807, 2.05) is 20.8 Å². The van der Waals surface area contributed by atoms with Crippen LogP contribution in [-0.2, 0) is 14.9 Å². The molecule has 2 aliphatic heterocycles. The lowest BCUT2D eigenvalue weighted by atomic mass is 9.74. The van der Waals surface area contributed by atoms with Crippen molar-refractivity contribution in [3.63, 3.8) is 0 Å². The third-order valence-electron chi connectivity index (χ3n) is 4.51. The fraction of sp³-hybridized carbons (Fsp3) is 0.529. The number of rotatable bonds is 0. The lowest BCUT2D eigenvalue weighted by Gasteiger charge is -2.38. The molecule has 3 rings (SSSR count). The van der Waals surface area contributed by atoms with E-state index < -0.39 is 11.0 Å². The molecule has 1 saturated heterocycles. The first-order valence-corrected chi connectivity index (χ1v) is 8.67. The highest BCUT2D eigenvalue weighted by Crippen LogP contribution is 2.48. The van der Waals surface area contributed by atoms with Gasteiger partial charge in [-0.2, -0.15) is 0 Å². The molecule has 1 fully saturated rings. The summed E-state index contributed by atoms with van der Waals surface area (Å²) in [6.07, 6.45) is 0.684. The van der Waals surface area contributed by atoms with Crippen LogP contribution in [0.15, 0.2) is 12.1 Å². The molecule has 1 N–H and O–H groups in total. The van der Waals surface area contributed by atoms with Gasteiger partial charge >= 0.3 is 6.09 Å². The third kappa shape index (κ3) is 2.95. The van der Waals surface area contributed by atoms with Crippen molar-refractivity contribution in [2.24, 2.45) is 0 Å². The zero-order valence-electron chi connectivity index (χ0n) is 13.9. The zero-order valence-corrected chi connectivity index (χ0v) is 15.4. The van der Waals surface area contributed by atoms with Crippen molar-refractivity contribution in [1.29, 1.82) is 0 Å². The fourth-order valence-electron chi connectivity index (χ4n) is 3.33. The van der Waals surface area contributed by atoms with Crippen molar-refractivity contribution >= 4 is 40.9 Å². The summed E-state index contributed by atoms with van der Waals surface area (Å²) in [6.45, 7) is 6.40. The minimum atomic E-state index is -0.678. The normalized spacial score (nSPS) is 19.2. The van der Waals surface area contributed by atoms with Gasteiger partial charge in [0.25, 0.3) is 0 Å². The van der Waals surface area contributed by atoms with Crippen LogP contribution in [0.3, 0.4) is 0 Å². The summed E-state index contributed by atoms with van der Waals surface area (Å²) >= 11 is 12.3. The van der Waals surface area contributed by atoms with Gasteiger partial charge in [0.05, 0.1) is 16.1 Å². The number of likely N-dealkylation sites (tertiary alicyclic amines) is 1. The van der Waals surface area contributed by atoms with Gasteiger partial charge < -0.3 is 15.0 Å². The summed E-state index contributed by atoms with van der Waals surface area (Å²) in [5.41, 5.74) is 0.248. The largest absolute Gasteiger partial charge is 0.444 e. The van der Waals surface area contributed by atoms with Gasteiger partial charge in [-0.05, 0) is 51.3 Å². The van der Waals surface area contributed by atoms with Crippen molar-refractivity contribution < 1.29 is 14.3 Å². The zero-order chi connectivity index (χ0) is 17.7. The molecule has 0 aliphatic carbocycles. The summed E-state index contributed by atoms with van der Waals surface area (Å²) < 4.78 is 5.41. The molecule has 1 spiro atoms. The van der Waals surface area contributed by atoms with Crippen LogP contribution in [0.25, 0.3) is 0 Å². The number of hydrogen-bond acceptors (Lipinski definition) is 3. The Morgan fingerprint density at radius 2 is 1.88 bits per heavy atom. The van der Waals surface area contributed by atoms with Crippen LogP contribution in [0.1, 0.15) is 39.2 Å². The molecule has 0 atom stereocenters. The van der Waals surface area contributed by atoms with E-state index in [1.165, 1.54) is 0 Å². The van der Waals surface area contributed by atoms with E-state index in [9.17, 15) is 9.59 Å². The average Bonchev–Trinajstić information content (AvgIpc) is 2.72. The summed E-state index contributed by atoms with van der Waals surface area (Å²) in [6, 6.07) is 3.42. The first-order chi connectivity index (χ1) is 11.1. The van der Waals surface area contributed by atoms with Crippen molar-refractivity contribution in [2.75, 3.05) is 18.4 Å². The number of anilines is 1. The lowest BCUT2D eigenvalue weighted by Crippen LogP contribution is -2.49. The van der Waals surface area contributed by atoms with Gasteiger partial charge in [-0.25, -0.2) is 4.79 Å². The summed E-state index contributed by atoms with van der Waals surface area (Å²) in [7, 11) is 0. The van der Waals surface area contributed by atoms with E-state index in [4.69, 9.17) is 27.9 Å². The maximum Gasteiger partial charge on any atom is 0.410 e. The fourth-order valence-corrected chi connectivity index (χ4v) is 3.87. The van der Waals surface area contributed by atoms with Crippen LogP contribution < -0.4 is 5.32 Å². The molecule has 2 aliphatic rings. The molecular formula is C17H20Cl2N2O3. The van der Waals surface area contributed by atoms with E-state index in [1.54, 1.807) is 17.0 Å². The minimum absolute atomic E-state index is 0.0782. The summed E-state index contributed by atoms with van der Waals surface area (Å²) in [5, 5.41) is 3.82. The topological polar surface area (TPSA) is 58.6 Å². The number of piperidine rings is 1. The monoisotopic (exact) mass is 370 g/mol. The highest BCUT2D eigenvalue weighted by molar-refractivity contribution is 6.37. The van der Waals surface area contributed by atoms with Crippen molar-refractivity contribution in [3.8, 4) is 0 Å². The molecule has 1 aromatic carbocycles. The second-order valence-electron chi connectivity index (χ2n) is 7.31. The molecule has 0 saturated carbocycles. The number of amides is 2. The number of fused-ring (bicyclic) bond motifs is 2. The van der Waals surface area contributed by atoms with Crippen LogP contribution in [0.2, 0.25) is 10.0 Å². The molecule has 130 valence electrons. The number of nitrogens with one attached hydrogen (secondary N) is 1. The van der Waals surface area contributed by atoms with Gasteiger partial charge in [0.1, 0.15) is 5.60 Å². The van der Waals surface area contributed by atoms with Crippen LogP contribution in [-0.4, -0.2) is 35.6 Å². The van der Waals surface area contributed by atoms with Crippen molar-refractivity contribution in [1.82, 2.24) is 4.90 Å². The Morgan fingerprint density at radius 3 is 2.46 bits per heavy atom. The van der Waals surface area contributed by atoms with Gasteiger partial charge in [0.15, 0.2) is 0 Å². The van der Waals surface area contributed by atoms with Gasteiger partial charge in [-0.1, -0.05) is 23.2 Å². The smallest absolute Gasteiger partial charge is 0.410 e. The SMILES string of the molecule is CC(C)(C)OC(=O)N1CCC2(CC1)C(=O)Nc1c(Cl)cc(Cl)cc12. The molecule has 5 nitrogen and oxygen atoms in total. The molecule has 0 radical (unpaired) electrons. The third-order valence-corrected chi connectivity index (χ3v) is 5.03. The molecule has 0 aromatic heterocycles. The molecule has 2 amide bonds. The molecule has 2 heterocycles. The Balaban J connectivity index is 1.82. The van der Waals surface area contributed by atoms with Gasteiger partial charge in [0, 0.05) is 18.1 Å². The molecule has 0 bridgehead atoms. The van der Waals surface area contributed by atoms with E-state index in [0.29, 0.717) is 41.7 Å². The number of ether oxygens (including phenoxy) is 1. The Kier molecular flexibility index (Phi) is 4.21. The summed E-state index contributed by atoms with van der Waals surface area (Å²) in [4.78, 5) is 26.5. The van der Waals surface area contributed by atoms with E-state index in [-0.39, 0.29) is 12.0 Å². The molecule has 1 aromatic rings. The van der Waals surface area contributed by atoms with Crippen LogP contribution in [0.4, 0.5) is 10.5 Å². The minimum Gasteiger partial charge on any atom is -0.444 e. The molecule has 7 heteroatoms. The van der Waals surface area contributed by atoms with Gasteiger partial charge in [0.2, 0.25) is 5.91 Å². The predicted octanol–water partition coefficient (Wildman–Crippen LogP) is 4.21. The van der Waals surface area contributed by atoms with E-state index >= 15 is 0 Å². The Labute approximate surface area is 151 Å². The quantitative estimate of drug-likeness (QED) is 0.743. The first-order valence-electron chi connectivity index (χ1n) is 7.91. The van der Waals surface area contributed by atoms with Gasteiger partial charge in [-0.15, -0.1) is 0 Å². The number of carbonyl (C=O) groups is 2. The van der Waals surface area contributed by atoms with Crippen molar-refractivity contribution in [3.05, 3.63) is 27.7 Å². The van der Waals surface area contributed by atoms with Crippen molar-refractivity contribution in [2.45, 2.75) is 44.6 Å². The van der Waals surface area contributed by atoms with Crippen LogP contribution >= 0.6 is 23.2 Å². The van der Waals surface area contributed by atoms with Gasteiger partial charge in [-0.3, -0.25) is 4.79 Å². The van der Waals surface area contributed by atoms with E-state index in [2.05, 4.69) is 5.32 Å². The highest BCUT2D eigenvalue weighted by atomic mass is 35.5. The lowest BCUT2D eigenvalue weighted by molar-refractivity contribution is -0.122. The maximum atomic E-state index is 12.6. The predicted molar refractivity (Wildman–Crippen MR) is 93.8 cm³/mol. The number of benzene rings is 1. The molecule has 0 unspecified atom stereocenters. The Bertz CT molecular complexity index is 705. The number of halogens is 2. The van der Waals surface area contributed by atoms with E-state index in [0.717, 1.165) is 5.56 Å². The Hall–Kier alpha value is -1.46. The number of nitrogens with zero attached hydrogens (tertiary/aromatic N) is 1. The standard InChI is InChI=1S/C17H20Cl2N2O3/c1-16(2,3)24-15(23)21-6-4-17(5-7-21)11-8-10(18)9-12(19)13(11)20-14(17)22/h8-9H,4-7H2,1-3H3,(H,20,22). The second kappa shape index (κ2) is 5.81. The maximum absolute atomic E-state index is 12.6. The molecular weight excluding hydrogens is 351 g/mol. The molecule has 24 heavy (non-hydrogen) atoms. The highest BCUT2D eigenvalue weighted by Gasteiger charge is 2.50. The summed E-state index contributed by atoms with van der Waals surface area (Å²) in [5.74, 6) is -0.0782. The number of hydrogen-bond donors (Lipinski definition) is 1. The Morgan fingerprint density at radius 1 is 1.25 bits per heavy atom. The van der Waals surface area contributed by atoms with Crippen LogP contribution in [0, 0.1) is 0 Å². The first kappa shape index (κ1) is 17.4. The second-order valence-corrected chi connectivity index (χ2v) is 8.16. The average molecular weight is 371 g/mol. The number of carbonyl (C=O) groups excluding carboxylic acids is 2.